The van der Waals surface area contributed by atoms with E-state index in [4.69, 9.17) is 4.74 Å². The molecule has 0 aromatic heterocycles. The molecule has 0 heterocycles. The van der Waals surface area contributed by atoms with Gasteiger partial charge in [-0.05, 0) is 52.5 Å². The summed E-state index contributed by atoms with van der Waals surface area (Å²) in [6.45, 7) is 15.0. The zero-order chi connectivity index (χ0) is 12.6. The fourth-order valence-electron chi connectivity index (χ4n) is 1.48. The number of hydrogen-bond acceptors (Lipinski definition) is 2. The van der Waals surface area contributed by atoms with Gasteiger partial charge in [0.15, 0.2) is 0 Å². The summed E-state index contributed by atoms with van der Waals surface area (Å²) < 4.78 is 5.86. The van der Waals surface area contributed by atoms with Gasteiger partial charge >= 0.3 is 0 Å². The standard InChI is InChI=1S/C14H31NO/c1-7-10-15-13(9-8-12(2)3)11-16-14(4,5)6/h12-13,15H,7-11H2,1-6H3. The molecule has 0 amide bonds. The molecule has 0 spiro atoms. The van der Waals surface area contributed by atoms with Gasteiger partial charge in [-0.15, -0.1) is 0 Å². The lowest BCUT2D eigenvalue weighted by Crippen LogP contribution is -2.37. The van der Waals surface area contributed by atoms with E-state index in [1.54, 1.807) is 0 Å². The topological polar surface area (TPSA) is 21.3 Å². The Labute approximate surface area is 102 Å². The second kappa shape index (κ2) is 8.08. The monoisotopic (exact) mass is 229 g/mol. The molecule has 1 unspecified atom stereocenters. The molecule has 0 saturated carbocycles. The maximum absolute atomic E-state index is 5.86. The molecule has 0 saturated heterocycles. The fraction of sp³-hybridized carbons (Fsp3) is 1.00. The van der Waals surface area contributed by atoms with Crippen molar-refractivity contribution in [2.45, 2.75) is 72.4 Å². The van der Waals surface area contributed by atoms with Gasteiger partial charge in [-0.2, -0.15) is 0 Å². The molecule has 0 rings (SSSR count). The number of ether oxygens (including phenoxy) is 1. The second-order valence-electron chi connectivity index (χ2n) is 6.05. The summed E-state index contributed by atoms with van der Waals surface area (Å²) in [5, 5.41) is 3.57. The highest BCUT2D eigenvalue weighted by Gasteiger charge is 2.15. The second-order valence-corrected chi connectivity index (χ2v) is 6.05. The maximum atomic E-state index is 5.86. The van der Waals surface area contributed by atoms with E-state index in [-0.39, 0.29) is 5.60 Å². The first-order valence-electron chi connectivity index (χ1n) is 6.72. The van der Waals surface area contributed by atoms with E-state index in [0.29, 0.717) is 6.04 Å². The molecule has 98 valence electrons. The molecule has 0 aromatic carbocycles. The minimum absolute atomic E-state index is 0.0238. The smallest absolute Gasteiger partial charge is 0.0626 e. The third-order valence-electron chi connectivity index (χ3n) is 2.49. The average molecular weight is 229 g/mol. The minimum atomic E-state index is -0.0238. The van der Waals surface area contributed by atoms with Crippen LogP contribution in [0, 0.1) is 5.92 Å². The predicted molar refractivity (Wildman–Crippen MR) is 71.9 cm³/mol. The first-order chi connectivity index (χ1) is 7.35. The predicted octanol–water partition coefficient (Wildman–Crippen LogP) is 3.61. The normalized spacial score (nSPS) is 14.4. The third kappa shape index (κ3) is 10.4. The first-order valence-corrected chi connectivity index (χ1v) is 6.72. The van der Waals surface area contributed by atoms with Gasteiger partial charge in [0.2, 0.25) is 0 Å². The molecule has 0 aliphatic carbocycles. The summed E-state index contributed by atoms with van der Waals surface area (Å²) in [6, 6.07) is 0.515. The molecular formula is C14H31NO. The molecule has 2 nitrogen and oxygen atoms in total. The largest absolute Gasteiger partial charge is 0.374 e. The van der Waals surface area contributed by atoms with Crippen LogP contribution in [0.25, 0.3) is 0 Å². The highest BCUT2D eigenvalue weighted by Crippen LogP contribution is 2.11. The van der Waals surface area contributed by atoms with Crippen molar-refractivity contribution in [1.29, 1.82) is 0 Å². The van der Waals surface area contributed by atoms with Gasteiger partial charge in [0.05, 0.1) is 12.2 Å². The Morgan fingerprint density at radius 2 is 1.75 bits per heavy atom. The van der Waals surface area contributed by atoms with E-state index in [1.165, 1.54) is 19.3 Å². The Morgan fingerprint density at radius 1 is 1.12 bits per heavy atom. The molecule has 1 N–H and O–H groups in total. The lowest BCUT2D eigenvalue weighted by atomic mass is 10.0. The quantitative estimate of drug-likeness (QED) is 0.686. The van der Waals surface area contributed by atoms with Crippen molar-refractivity contribution in [3.63, 3.8) is 0 Å². The van der Waals surface area contributed by atoms with Gasteiger partial charge in [0, 0.05) is 6.04 Å². The van der Waals surface area contributed by atoms with Crippen LogP contribution < -0.4 is 5.32 Å². The highest BCUT2D eigenvalue weighted by atomic mass is 16.5. The van der Waals surface area contributed by atoms with Crippen LogP contribution in [0.5, 0.6) is 0 Å². The molecule has 0 bridgehead atoms. The molecule has 0 fully saturated rings. The van der Waals surface area contributed by atoms with Crippen LogP contribution in [-0.4, -0.2) is 24.8 Å². The SMILES string of the molecule is CCCNC(CCC(C)C)COC(C)(C)C. The molecule has 1 atom stereocenters. The number of nitrogens with one attached hydrogen (secondary N) is 1. The average Bonchev–Trinajstić information content (AvgIpc) is 2.15. The van der Waals surface area contributed by atoms with Crippen molar-refractivity contribution in [3.8, 4) is 0 Å². The van der Waals surface area contributed by atoms with Crippen molar-refractivity contribution >= 4 is 0 Å². The minimum Gasteiger partial charge on any atom is -0.374 e. The Kier molecular flexibility index (Phi) is 8.04. The molecular weight excluding hydrogens is 198 g/mol. The van der Waals surface area contributed by atoms with E-state index >= 15 is 0 Å². The summed E-state index contributed by atoms with van der Waals surface area (Å²) in [6.07, 6.45) is 3.68. The number of rotatable bonds is 8. The Morgan fingerprint density at radius 3 is 2.19 bits per heavy atom. The Balaban J connectivity index is 3.89. The van der Waals surface area contributed by atoms with E-state index in [0.717, 1.165) is 19.1 Å². The summed E-state index contributed by atoms with van der Waals surface area (Å²) in [7, 11) is 0. The van der Waals surface area contributed by atoms with Crippen LogP contribution in [0.2, 0.25) is 0 Å². The van der Waals surface area contributed by atoms with Crippen molar-refractivity contribution in [2.75, 3.05) is 13.2 Å². The van der Waals surface area contributed by atoms with Crippen molar-refractivity contribution < 1.29 is 4.74 Å². The zero-order valence-electron chi connectivity index (χ0n) is 12.1. The van der Waals surface area contributed by atoms with Crippen LogP contribution in [0.15, 0.2) is 0 Å². The fourth-order valence-corrected chi connectivity index (χ4v) is 1.48. The Hall–Kier alpha value is -0.0800. The van der Waals surface area contributed by atoms with Crippen molar-refractivity contribution in [2.24, 2.45) is 5.92 Å². The van der Waals surface area contributed by atoms with Gasteiger partial charge in [0.25, 0.3) is 0 Å². The summed E-state index contributed by atoms with van der Waals surface area (Å²) in [5.41, 5.74) is -0.0238. The van der Waals surface area contributed by atoms with Crippen molar-refractivity contribution in [1.82, 2.24) is 5.32 Å². The first kappa shape index (κ1) is 15.9. The van der Waals surface area contributed by atoms with Gasteiger partial charge in [0.1, 0.15) is 0 Å². The summed E-state index contributed by atoms with van der Waals surface area (Å²) in [5.74, 6) is 0.778. The zero-order valence-corrected chi connectivity index (χ0v) is 12.1. The van der Waals surface area contributed by atoms with Gasteiger partial charge in [-0.25, -0.2) is 0 Å². The number of hydrogen-bond donors (Lipinski definition) is 1. The third-order valence-corrected chi connectivity index (χ3v) is 2.49. The van der Waals surface area contributed by atoms with Gasteiger partial charge in [-0.3, -0.25) is 0 Å². The van der Waals surface area contributed by atoms with Crippen LogP contribution in [0.4, 0.5) is 0 Å². The summed E-state index contributed by atoms with van der Waals surface area (Å²) in [4.78, 5) is 0. The van der Waals surface area contributed by atoms with E-state index in [9.17, 15) is 0 Å². The van der Waals surface area contributed by atoms with Gasteiger partial charge in [-0.1, -0.05) is 20.8 Å². The van der Waals surface area contributed by atoms with E-state index < -0.39 is 0 Å². The molecule has 2 heteroatoms. The van der Waals surface area contributed by atoms with Gasteiger partial charge < -0.3 is 10.1 Å². The molecule has 0 aliphatic rings. The highest BCUT2D eigenvalue weighted by molar-refractivity contribution is 4.69. The van der Waals surface area contributed by atoms with Crippen LogP contribution in [0.1, 0.15) is 60.8 Å². The summed E-state index contributed by atoms with van der Waals surface area (Å²) >= 11 is 0. The molecule has 16 heavy (non-hydrogen) atoms. The van der Waals surface area contributed by atoms with Crippen LogP contribution >= 0.6 is 0 Å². The lowest BCUT2D eigenvalue weighted by Gasteiger charge is -2.25. The molecule has 0 aromatic rings. The van der Waals surface area contributed by atoms with Crippen LogP contribution in [-0.2, 0) is 4.74 Å². The Bertz CT molecular complexity index is 161. The maximum Gasteiger partial charge on any atom is 0.0626 e. The molecule has 0 radical (unpaired) electrons. The van der Waals surface area contributed by atoms with E-state index in [1.807, 2.05) is 0 Å². The van der Waals surface area contributed by atoms with Crippen molar-refractivity contribution in [3.05, 3.63) is 0 Å². The van der Waals surface area contributed by atoms with E-state index in [2.05, 4.69) is 46.9 Å². The lowest BCUT2D eigenvalue weighted by molar-refractivity contribution is -0.0159. The van der Waals surface area contributed by atoms with Crippen LogP contribution in [0.3, 0.4) is 0 Å². The molecule has 0 aliphatic heterocycles.